The molecule has 1 aliphatic rings. The fraction of sp³-hybridized carbons (Fsp3) is 0.250. The van der Waals surface area contributed by atoms with Gasteiger partial charge in [0.2, 0.25) is 11.8 Å². The van der Waals surface area contributed by atoms with Crippen LogP contribution in [-0.4, -0.2) is 28.3 Å². The van der Waals surface area contributed by atoms with Crippen LogP contribution in [0.3, 0.4) is 0 Å². The second-order valence-electron chi connectivity index (χ2n) is 5.91. The zero-order chi connectivity index (χ0) is 17.6. The van der Waals surface area contributed by atoms with E-state index in [1.54, 1.807) is 0 Å². The van der Waals surface area contributed by atoms with Crippen LogP contribution in [0.5, 0.6) is 0 Å². The molecular formula is C20H19NO3S. The number of hydrogen-bond acceptors (Lipinski definition) is 4. The highest BCUT2D eigenvalue weighted by Crippen LogP contribution is 2.35. The lowest BCUT2D eigenvalue weighted by Gasteiger charge is -2.30. The zero-order valence-electron chi connectivity index (χ0n) is 13.7. The molecule has 0 unspecified atom stereocenters. The smallest absolute Gasteiger partial charge is 0.230 e. The van der Waals surface area contributed by atoms with Crippen molar-refractivity contribution in [1.82, 2.24) is 4.90 Å². The second kappa shape index (κ2) is 8.12. The molecular weight excluding hydrogens is 334 g/mol. The molecule has 0 saturated carbocycles. The van der Waals surface area contributed by atoms with Gasteiger partial charge in [-0.15, -0.1) is 11.8 Å². The van der Waals surface area contributed by atoms with Crippen LogP contribution >= 0.6 is 11.8 Å². The molecule has 1 saturated heterocycles. The summed E-state index contributed by atoms with van der Waals surface area (Å²) in [5.41, 5.74) is 1.91. The number of aldehydes is 1. The molecule has 2 aromatic rings. The first-order valence-electron chi connectivity index (χ1n) is 8.21. The lowest BCUT2D eigenvalue weighted by Crippen LogP contribution is -2.39. The Balaban J connectivity index is 1.87. The maximum Gasteiger partial charge on any atom is 0.230 e. The quantitative estimate of drug-likeness (QED) is 0.566. The number of carbonyl (C=O) groups is 3. The number of likely N-dealkylation sites (tertiary alicyclic amines) is 1. The van der Waals surface area contributed by atoms with Gasteiger partial charge in [0, 0.05) is 18.6 Å². The van der Waals surface area contributed by atoms with E-state index in [1.165, 1.54) is 16.7 Å². The summed E-state index contributed by atoms with van der Waals surface area (Å²) < 4.78 is 0. The van der Waals surface area contributed by atoms with Crippen molar-refractivity contribution in [2.45, 2.75) is 29.9 Å². The van der Waals surface area contributed by atoms with Crippen LogP contribution in [-0.2, 0) is 20.1 Å². The molecule has 128 valence electrons. The van der Waals surface area contributed by atoms with E-state index in [2.05, 4.69) is 0 Å². The normalized spacial score (nSPS) is 16.7. The van der Waals surface area contributed by atoms with E-state index < -0.39 is 11.3 Å². The molecule has 25 heavy (non-hydrogen) atoms. The number of benzene rings is 2. The Labute approximate surface area is 151 Å². The first kappa shape index (κ1) is 17.4. The van der Waals surface area contributed by atoms with Crippen LogP contribution in [0.2, 0.25) is 0 Å². The lowest BCUT2D eigenvalue weighted by molar-refractivity contribution is -0.141. The molecule has 1 aliphatic heterocycles. The molecule has 1 fully saturated rings. The zero-order valence-corrected chi connectivity index (χ0v) is 14.5. The van der Waals surface area contributed by atoms with Gasteiger partial charge in [0.25, 0.3) is 0 Å². The summed E-state index contributed by atoms with van der Waals surface area (Å²) in [7, 11) is 0. The minimum Gasteiger partial charge on any atom is -0.302 e. The number of rotatable bonds is 7. The summed E-state index contributed by atoms with van der Waals surface area (Å²) in [5, 5.41) is -0.506. The van der Waals surface area contributed by atoms with E-state index in [4.69, 9.17) is 0 Å². The van der Waals surface area contributed by atoms with E-state index in [1.807, 2.05) is 60.7 Å². The van der Waals surface area contributed by atoms with E-state index >= 15 is 0 Å². The SMILES string of the molecule is O=C[C@@H](SCc1ccccc1)[C@@H](c1ccccc1)N1C(=O)CCC1=O. The van der Waals surface area contributed by atoms with Gasteiger partial charge in [-0.2, -0.15) is 0 Å². The van der Waals surface area contributed by atoms with Crippen molar-refractivity contribution in [3.05, 3.63) is 71.8 Å². The third kappa shape index (κ3) is 3.99. The largest absolute Gasteiger partial charge is 0.302 e. The number of hydrogen-bond donors (Lipinski definition) is 0. The van der Waals surface area contributed by atoms with Gasteiger partial charge in [0.15, 0.2) is 0 Å². The number of amides is 2. The third-order valence-electron chi connectivity index (χ3n) is 4.24. The topological polar surface area (TPSA) is 54.5 Å². The van der Waals surface area contributed by atoms with Crippen LogP contribution in [0, 0.1) is 0 Å². The highest BCUT2D eigenvalue weighted by Gasteiger charge is 2.40. The maximum atomic E-state index is 12.3. The first-order chi connectivity index (χ1) is 12.2. The number of carbonyl (C=O) groups excluding carboxylic acids is 3. The summed E-state index contributed by atoms with van der Waals surface area (Å²) in [5.74, 6) is 0.237. The predicted molar refractivity (Wildman–Crippen MR) is 97.9 cm³/mol. The standard InChI is InChI=1S/C20H19NO3S/c22-13-17(25-14-15-7-3-1-4-8-15)20(16-9-5-2-6-10-16)21-18(23)11-12-19(21)24/h1-10,13,17,20H,11-12,14H2/t17-,20-/m1/s1. The molecule has 0 spiro atoms. The Morgan fingerprint density at radius 1 is 0.920 bits per heavy atom. The lowest BCUT2D eigenvalue weighted by atomic mass is 10.0. The monoisotopic (exact) mass is 353 g/mol. The van der Waals surface area contributed by atoms with E-state index in [0.29, 0.717) is 5.75 Å². The van der Waals surface area contributed by atoms with Gasteiger partial charge in [-0.3, -0.25) is 14.5 Å². The number of nitrogens with zero attached hydrogens (tertiary/aromatic N) is 1. The molecule has 0 aromatic heterocycles. The van der Waals surface area contributed by atoms with E-state index in [0.717, 1.165) is 17.4 Å². The molecule has 3 rings (SSSR count). The number of thioether (sulfide) groups is 1. The Hall–Kier alpha value is -2.40. The van der Waals surface area contributed by atoms with Crippen molar-refractivity contribution in [3.8, 4) is 0 Å². The van der Waals surface area contributed by atoms with Crippen molar-refractivity contribution < 1.29 is 14.4 Å². The number of imide groups is 1. The van der Waals surface area contributed by atoms with Crippen LogP contribution in [0.1, 0.15) is 30.0 Å². The van der Waals surface area contributed by atoms with E-state index in [-0.39, 0.29) is 24.7 Å². The molecule has 2 amide bonds. The Bertz CT molecular complexity index is 732. The summed E-state index contributed by atoms with van der Waals surface area (Å²) in [4.78, 5) is 37.7. The van der Waals surface area contributed by atoms with Crippen LogP contribution in [0.15, 0.2) is 60.7 Å². The fourth-order valence-electron chi connectivity index (χ4n) is 3.01. The summed E-state index contributed by atoms with van der Waals surface area (Å²) in [6.45, 7) is 0. The molecule has 5 heteroatoms. The van der Waals surface area contributed by atoms with Gasteiger partial charge in [0.1, 0.15) is 6.29 Å². The van der Waals surface area contributed by atoms with Crippen LogP contribution in [0.25, 0.3) is 0 Å². The summed E-state index contributed by atoms with van der Waals surface area (Å²) >= 11 is 1.45. The van der Waals surface area contributed by atoms with E-state index in [9.17, 15) is 14.4 Å². The Morgan fingerprint density at radius 3 is 2.04 bits per heavy atom. The molecule has 0 radical (unpaired) electrons. The second-order valence-corrected chi connectivity index (χ2v) is 7.08. The Morgan fingerprint density at radius 2 is 1.48 bits per heavy atom. The van der Waals surface area contributed by atoms with Gasteiger partial charge >= 0.3 is 0 Å². The first-order valence-corrected chi connectivity index (χ1v) is 9.26. The van der Waals surface area contributed by atoms with Crippen LogP contribution < -0.4 is 0 Å². The molecule has 1 heterocycles. The van der Waals surface area contributed by atoms with Gasteiger partial charge < -0.3 is 4.79 Å². The van der Waals surface area contributed by atoms with Gasteiger partial charge in [-0.1, -0.05) is 60.7 Å². The minimum absolute atomic E-state index is 0.203. The van der Waals surface area contributed by atoms with Crippen LogP contribution in [0.4, 0.5) is 0 Å². The van der Waals surface area contributed by atoms with Crippen molar-refractivity contribution in [2.75, 3.05) is 0 Å². The predicted octanol–water partition coefficient (Wildman–Crippen LogP) is 3.38. The average molecular weight is 353 g/mol. The fourth-order valence-corrected chi connectivity index (χ4v) is 4.13. The summed E-state index contributed by atoms with van der Waals surface area (Å²) in [6, 6.07) is 18.6. The highest BCUT2D eigenvalue weighted by molar-refractivity contribution is 7.99. The molecule has 0 aliphatic carbocycles. The molecule has 2 atom stereocenters. The van der Waals surface area contributed by atoms with Crippen molar-refractivity contribution in [1.29, 1.82) is 0 Å². The third-order valence-corrected chi connectivity index (χ3v) is 5.49. The molecule has 4 nitrogen and oxygen atoms in total. The highest BCUT2D eigenvalue weighted by atomic mass is 32.2. The van der Waals surface area contributed by atoms with Gasteiger partial charge in [-0.05, 0) is 11.1 Å². The molecule has 0 N–H and O–H groups in total. The Kier molecular flexibility index (Phi) is 5.66. The summed E-state index contributed by atoms with van der Waals surface area (Å²) in [6.07, 6.45) is 1.29. The van der Waals surface area contributed by atoms with Gasteiger partial charge in [-0.25, -0.2) is 0 Å². The van der Waals surface area contributed by atoms with Crippen molar-refractivity contribution in [3.63, 3.8) is 0 Å². The molecule has 2 aromatic carbocycles. The maximum absolute atomic E-state index is 12.3. The molecule has 0 bridgehead atoms. The average Bonchev–Trinajstić information content (AvgIpc) is 2.99. The van der Waals surface area contributed by atoms with Gasteiger partial charge in [0.05, 0.1) is 11.3 Å². The minimum atomic E-state index is -0.560. The van der Waals surface area contributed by atoms with Crippen molar-refractivity contribution >= 4 is 29.9 Å². The van der Waals surface area contributed by atoms with Crippen molar-refractivity contribution in [2.24, 2.45) is 0 Å².